The molecule has 0 atom stereocenters. The van der Waals surface area contributed by atoms with Gasteiger partial charge in [-0.3, -0.25) is 9.79 Å². The fourth-order valence-electron chi connectivity index (χ4n) is 2.91. The maximum Gasteiger partial charge on any atom is 0.325 e. The van der Waals surface area contributed by atoms with Crippen molar-refractivity contribution in [3.05, 3.63) is 24.3 Å². The van der Waals surface area contributed by atoms with E-state index in [1.165, 1.54) is 0 Å². The van der Waals surface area contributed by atoms with Crippen molar-refractivity contribution in [1.29, 1.82) is 0 Å². The fraction of sp³-hybridized carbons (Fsp3) is 0.579. The number of ether oxygens (including phenoxy) is 2. The van der Waals surface area contributed by atoms with Gasteiger partial charge < -0.3 is 24.6 Å². The number of methoxy groups -OCH3 is 1. The minimum atomic E-state index is -0.483. The largest absolute Gasteiger partial charge is 0.495 e. The molecule has 0 aliphatic carbocycles. The molecule has 8 heteroatoms. The highest BCUT2D eigenvalue weighted by molar-refractivity contribution is 14.0. The predicted molar refractivity (Wildman–Crippen MR) is 119 cm³/mol. The van der Waals surface area contributed by atoms with Crippen LogP contribution in [0.15, 0.2) is 29.3 Å². The van der Waals surface area contributed by atoms with Gasteiger partial charge >= 0.3 is 5.97 Å². The number of hydrogen-bond donors (Lipinski definition) is 1. The molecule has 0 radical (unpaired) electrons. The zero-order valence-electron chi connectivity index (χ0n) is 16.8. The van der Waals surface area contributed by atoms with E-state index in [-0.39, 0.29) is 36.5 Å². The van der Waals surface area contributed by atoms with Gasteiger partial charge in [0.05, 0.1) is 12.8 Å². The van der Waals surface area contributed by atoms with Crippen molar-refractivity contribution in [2.75, 3.05) is 51.8 Å². The SMILES string of the molecule is CN=C(NCC(=O)OC(C)(C)C)N1CCN(c2ccccc2OC)CC1.I. The van der Waals surface area contributed by atoms with Crippen LogP contribution in [0.2, 0.25) is 0 Å². The molecule has 27 heavy (non-hydrogen) atoms. The van der Waals surface area contributed by atoms with Gasteiger partial charge in [-0.05, 0) is 32.9 Å². The van der Waals surface area contributed by atoms with Crippen molar-refractivity contribution in [1.82, 2.24) is 10.2 Å². The van der Waals surface area contributed by atoms with E-state index in [1.807, 2.05) is 39.0 Å². The van der Waals surface area contributed by atoms with Crippen LogP contribution in [0, 0.1) is 0 Å². The first-order chi connectivity index (χ1) is 12.3. The molecule has 1 aromatic rings. The summed E-state index contributed by atoms with van der Waals surface area (Å²) >= 11 is 0. The first-order valence-electron chi connectivity index (χ1n) is 8.89. The van der Waals surface area contributed by atoms with Crippen LogP contribution in [0.4, 0.5) is 5.69 Å². The van der Waals surface area contributed by atoms with Gasteiger partial charge in [-0.2, -0.15) is 0 Å². The van der Waals surface area contributed by atoms with Gasteiger partial charge in [-0.25, -0.2) is 0 Å². The molecule has 0 spiro atoms. The average Bonchev–Trinajstić information content (AvgIpc) is 2.61. The maximum absolute atomic E-state index is 11.9. The topological polar surface area (TPSA) is 66.4 Å². The number of hydrogen-bond acceptors (Lipinski definition) is 5. The summed E-state index contributed by atoms with van der Waals surface area (Å²) in [6, 6.07) is 8.04. The lowest BCUT2D eigenvalue weighted by molar-refractivity contribution is -0.153. The van der Waals surface area contributed by atoms with Crippen LogP contribution >= 0.6 is 24.0 Å². The molecule has 1 aromatic carbocycles. The number of anilines is 1. The zero-order valence-corrected chi connectivity index (χ0v) is 19.1. The molecule has 7 nitrogen and oxygen atoms in total. The summed E-state index contributed by atoms with van der Waals surface area (Å²) in [4.78, 5) is 20.6. The molecule has 0 amide bonds. The van der Waals surface area contributed by atoms with Crippen LogP contribution < -0.4 is 15.0 Å². The Morgan fingerprint density at radius 3 is 2.37 bits per heavy atom. The summed E-state index contributed by atoms with van der Waals surface area (Å²) in [7, 11) is 3.42. The Morgan fingerprint density at radius 1 is 1.19 bits per heavy atom. The predicted octanol–water partition coefficient (Wildman–Crippen LogP) is 2.35. The lowest BCUT2D eigenvalue weighted by Crippen LogP contribution is -2.53. The molecule has 0 unspecified atom stereocenters. The lowest BCUT2D eigenvalue weighted by atomic mass is 10.2. The molecule has 1 N–H and O–H groups in total. The van der Waals surface area contributed by atoms with E-state index < -0.39 is 5.60 Å². The first-order valence-corrected chi connectivity index (χ1v) is 8.89. The minimum Gasteiger partial charge on any atom is -0.495 e. The number of nitrogens with one attached hydrogen (secondary N) is 1. The van der Waals surface area contributed by atoms with Crippen molar-refractivity contribution < 1.29 is 14.3 Å². The summed E-state index contributed by atoms with van der Waals surface area (Å²) < 4.78 is 10.8. The van der Waals surface area contributed by atoms with Gasteiger partial charge in [-0.1, -0.05) is 12.1 Å². The van der Waals surface area contributed by atoms with Crippen LogP contribution in [-0.2, 0) is 9.53 Å². The molecule has 1 aliphatic heterocycles. The molecule has 0 bridgehead atoms. The Bertz CT molecular complexity index is 638. The minimum absolute atomic E-state index is 0. The highest BCUT2D eigenvalue weighted by Gasteiger charge is 2.22. The number of rotatable bonds is 4. The number of guanidine groups is 1. The second kappa shape index (κ2) is 10.6. The van der Waals surface area contributed by atoms with Crippen molar-refractivity contribution in [2.24, 2.45) is 4.99 Å². The first kappa shape index (κ1) is 23.3. The molecule has 1 saturated heterocycles. The molecule has 1 aliphatic rings. The summed E-state index contributed by atoms with van der Waals surface area (Å²) in [6.45, 7) is 9.01. The maximum atomic E-state index is 11.9. The van der Waals surface area contributed by atoms with E-state index in [9.17, 15) is 4.79 Å². The summed E-state index contributed by atoms with van der Waals surface area (Å²) in [6.07, 6.45) is 0. The smallest absolute Gasteiger partial charge is 0.325 e. The van der Waals surface area contributed by atoms with Crippen LogP contribution in [0.1, 0.15) is 20.8 Å². The number of carbonyl (C=O) groups is 1. The second-order valence-corrected chi connectivity index (χ2v) is 7.13. The fourth-order valence-corrected chi connectivity index (χ4v) is 2.91. The van der Waals surface area contributed by atoms with E-state index in [0.29, 0.717) is 0 Å². The van der Waals surface area contributed by atoms with Crippen molar-refractivity contribution >= 4 is 41.6 Å². The summed E-state index contributed by atoms with van der Waals surface area (Å²) in [5.74, 6) is 1.32. The number of esters is 1. The highest BCUT2D eigenvalue weighted by Crippen LogP contribution is 2.28. The van der Waals surface area contributed by atoms with E-state index in [4.69, 9.17) is 9.47 Å². The van der Waals surface area contributed by atoms with Gasteiger partial charge in [0.2, 0.25) is 0 Å². The van der Waals surface area contributed by atoms with Crippen LogP contribution in [0.25, 0.3) is 0 Å². The Kier molecular flexibility index (Phi) is 9.14. The van der Waals surface area contributed by atoms with Gasteiger partial charge in [-0.15, -0.1) is 24.0 Å². The quantitative estimate of drug-likeness (QED) is 0.303. The molecule has 152 valence electrons. The van der Waals surface area contributed by atoms with Crippen LogP contribution in [-0.4, -0.2) is 69.3 Å². The van der Waals surface area contributed by atoms with Crippen molar-refractivity contribution in [3.63, 3.8) is 0 Å². The molecular formula is C19H31IN4O3. The lowest BCUT2D eigenvalue weighted by Gasteiger charge is -2.38. The summed E-state index contributed by atoms with van der Waals surface area (Å²) in [5.41, 5.74) is 0.620. The number of piperazine rings is 1. The van der Waals surface area contributed by atoms with E-state index in [2.05, 4.69) is 26.2 Å². The number of para-hydroxylation sites is 2. The third-order valence-corrected chi connectivity index (χ3v) is 4.03. The normalized spacial score (nSPS) is 15.1. The van der Waals surface area contributed by atoms with Gasteiger partial charge in [0.15, 0.2) is 5.96 Å². The highest BCUT2D eigenvalue weighted by atomic mass is 127. The number of benzene rings is 1. The monoisotopic (exact) mass is 490 g/mol. The molecule has 0 saturated carbocycles. The van der Waals surface area contributed by atoms with E-state index >= 15 is 0 Å². The Labute approximate surface area is 179 Å². The van der Waals surface area contributed by atoms with Crippen molar-refractivity contribution in [2.45, 2.75) is 26.4 Å². The second-order valence-electron chi connectivity index (χ2n) is 7.13. The van der Waals surface area contributed by atoms with E-state index in [0.717, 1.165) is 43.6 Å². The third-order valence-electron chi connectivity index (χ3n) is 4.03. The Hall–Kier alpha value is -1.71. The summed E-state index contributed by atoms with van der Waals surface area (Å²) in [5, 5.41) is 3.10. The van der Waals surface area contributed by atoms with Crippen molar-refractivity contribution in [3.8, 4) is 5.75 Å². The van der Waals surface area contributed by atoms with Crippen LogP contribution in [0.5, 0.6) is 5.75 Å². The average molecular weight is 490 g/mol. The number of carbonyl (C=O) groups excluding carboxylic acids is 1. The molecule has 1 fully saturated rings. The molecule has 0 aromatic heterocycles. The number of halogens is 1. The Balaban J connectivity index is 0.00000364. The van der Waals surface area contributed by atoms with Gasteiger partial charge in [0, 0.05) is 33.2 Å². The van der Waals surface area contributed by atoms with Gasteiger partial charge in [0.1, 0.15) is 17.9 Å². The molecule has 1 heterocycles. The number of nitrogens with zero attached hydrogens (tertiary/aromatic N) is 3. The van der Waals surface area contributed by atoms with Gasteiger partial charge in [0.25, 0.3) is 0 Å². The zero-order chi connectivity index (χ0) is 19.2. The number of aliphatic imine (C=N–C) groups is 1. The molecule has 2 rings (SSSR count). The molecular weight excluding hydrogens is 459 g/mol. The van der Waals surface area contributed by atoms with Crippen LogP contribution in [0.3, 0.4) is 0 Å². The van der Waals surface area contributed by atoms with E-state index in [1.54, 1.807) is 14.2 Å². The standard InChI is InChI=1S/C19H30N4O3.HI/c1-19(2,3)26-17(24)14-21-18(20-4)23-12-10-22(11-13-23)15-8-6-7-9-16(15)25-5;/h6-9H,10-14H2,1-5H3,(H,20,21);1H. The Morgan fingerprint density at radius 2 is 1.81 bits per heavy atom. The third kappa shape index (κ3) is 7.08.